The van der Waals surface area contributed by atoms with E-state index in [1.165, 1.54) is 13.8 Å². The van der Waals surface area contributed by atoms with Gasteiger partial charge in [-0.05, 0) is 95.3 Å². The van der Waals surface area contributed by atoms with Gasteiger partial charge in [0.05, 0.1) is 35.6 Å². The molecule has 1 heteroatoms. The van der Waals surface area contributed by atoms with Crippen LogP contribution >= 0.6 is 0 Å². The molecule has 0 N–H and O–H groups in total. The summed E-state index contributed by atoms with van der Waals surface area (Å²) in [4.78, 5) is 0. The van der Waals surface area contributed by atoms with Crippen molar-refractivity contribution in [3.8, 4) is 44.5 Å². The fourth-order valence-corrected chi connectivity index (χ4v) is 6.67. The molecule has 0 fully saturated rings. The lowest BCUT2D eigenvalue weighted by atomic mass is 9.81. The number of furan rings is 1. The number of rotatable bonds is 3. The van der Waals surface area contributed by atoms with Gasteiger partial charge in [-0.2, -0.15) is 0 Å². The molecule has 1 nitrogen and oxygen atoms in total. The largest absolute Gasteiger partial charge is 0.456 e. The molecule has 10 rings (SSSR count). The molecule has 0 atom stereocenters. The molecular formula is C47H32O. The van der Waals surface area contributed by atoms with Crippen LogP contribution in [0.25, 0.3) is 88.0 Å². The Morgan fingerprint density at radius 2 is 0.938 bits per heavy atom. The molecule has 0 saturated heterocycles. The highest BCUT2D eigenvalue weighted by atomic mass is 16.3. The zero-order valence-corrected chi connectivity index (χ0v) is 24.9. The highest BCUT2D eigenvalue weighted by Crippen LogP contribution is 2.53. The summed E-state index contributed by atoms with van der Waals surface area (Å²) in [6.45, 7) is 3.03. The molecule has 0 unspecified atom stereocenters. The first-order valence-corrected chi connectivity index (χ1v) is 14.7. The normalized spacial score (nSPS) is 21.0. The summed E-state index contributed by atoms with van der Waals surface area (Å²) in [5.74, 6) is 0. The molecule has 1 aliphatic carbocycles. The van der Waals surface area contributed by atoms with Crippen LogP contribution < -0.4 is 0 Å². The van der Waals surface area contributed by atoms with Gasteiger partial charge in [-0.15, -0.1) is 0 Å². The Bertz CT molecular complexity index is 4150. The molecule has 1 aromatic heterocycles. The van der Waals surface area contributed by atoms with Crippen LogP contribution in [0.15, 0.2) is 162 Å². The molecule has 0 bridgehead atoms. The summed E-state index contributed by atoms with van der Waals surface area (Å²) in [5.41, 5.74) is -7.52. The van der Waals surface area contributed by atoms with Crippen LogP contribution in [0.1, 0.15) is 60.6 Å². The Morgan fingerprint density at radius 3 is 1.71 bits per heavy atom. The van der Waals surface area contributed by atoms with Gasteiger partial charge in [0.25, 0.3) is 0 Å². The van der Waals surface area contributed by atoms with Crippen molar-refractivity contribution in [1.82, 2.24) is 0 Å². The van der Waals surface area contributed by atoms with Gasteiger partial charge in [-0.1, -0.05) is 153 Å². The van der Waals surface area contributed by atoms with Gasteiger partial charge in [-0.3, -0.25) is 0 Å². The summed E-state index contributed by atoms with van der Waals surface area (Å²) in [5, 5.41) is -3.80. The Morgan fingerprint density at radius 1 is 0.417 bits per heavy atom. The molecule has 0 radical (unpaired) electrons. The number of hydrogen-bond acceptors (Lipinski definition) is 1. The SMILES string of the molecule is [2H]c1c([2H])c(-c2c([2H])c([2H])c([2H])c3c2-c2c([2H])c([2H])c([2H])c([2H])c2C3(C)C)c([2H])c(-c2c3c([2H])c([2H])c([2H])c([2H])c3c(-c3c([2H])c([2H])c([2H])c4oc5c([2H])c([2H])c([2H])c([2H])c5c34)c3c([2H])c([2H])c([2H])c([2H])c23)c1[2H]. The minimum absolute atomic E-state index is 0.0579. The van der Waals surface area contributed by atoms with Crippen LogP contribution in [-0.4, -0.2) is 0 Å². The van der Waals surface area contributed by atoms with E-state index in [2.05, 4.69) is 0 Å². The molecule has 48 heavy (non-hydrogen) atoms. The summed E-state index contributed by atoms with van der Waals surface area (Å²) in [7, 11) is 0. The third-order valence-electron chi connectivity index (χ3n) is 8.76. The van der Waals surface area contributed by atoms with Crippen molar-refractivity contribution in [2.75, 3.05) is 0 Å². The van der Waals surface area contributed by atoms with Crippen LogP contribution in [0.4, 0.5) is 0 Å². The van der Waals surface area contributed by atoms with Gasteiger partial charge in [0.2, 0.25) is 0 Å². The molecule has 0 spiro atoms. The summed E-state index contributed by atoms with van der Waals surface area (Å²) < 4.78 is 243. The van der Waals surface area contributed by atoms with Gasteiger partial charge in [0.15, 0.2) is 0 Å². The van der Waals surface area contributed by atoms with Crippen molar-refractivity contribution >= 4 is 43.5 Å². The first-order valence-electron chi connectivity index (χ1n) is 27.7. The first-order chi connectivity index (χ1) is 34.4. The maximum absolute atomic E-state index is 10.1. The predicted octanol–water partition coefficient (Wildman–Crippen LogP) is 13.2. The third kappa shape index (κ3) is 3.73. The fraction of sp³-hybridized carbons (Fsp3) is 0.0638. The highest BCUT2D eigenvalue weighted by Gasteiger charge is 2.36. The molecule has 226 valence electrons. The van der Waals surface area contributed by atoms with Gasteiger partial charge < -0.3 is 4.42 Å². The monoisotopic (exact) mass is 638 g/mol. The van der Waals surface area contributed by atoms with E-state index >= 15 is 0 Å². The second-order valence-electron chi connectivity index (χ2n) is 11.6. The van der Waals surface area contributed by atoms with E-state index in [1.807, 2.05) is 0 Å². The van der Waals surface area contributed by atoms with Crippen molar-refractivity contribution in [3.63, 3.8) is 0 Å². The molecule has 0 aliphatic heterocycles. The molecule has 1 heterocycles. The lowest BCUT2D eigenvalue weighted by Crippen LogP contribution is -2.14. The average Bonchev–Trinajstić information content (AvgIpc) is 3.87. The smallest absolute Gasteiger partial charge is 0.136 e. The number of benzene rings is 8. The quantitative estimate of drug-likeness (QED) is 0.176. The lowest BCUT2D eigenvalue weighted by Gasteiger charge is -2.21. The van der Waals surface area contributed by atoms with Crippen molar-refractivity contribution < 1.29 is 40.1 Å². The number of hydrogen-bond donors (Lipinski definition) is 0. The van der Waals surface area contributed by atoms with E-state index in [0.717, 1.165) is 0 Å². The van der Waals surface area contributed by atoms with Crippen LogP contribution in [0.2, 0.25) is 0 Å². The molecule has 0 saturated carbocycles. The third-order valence-corrected chi connectivity index (χ3v) is 8.76. The Balaban J connectivity index is 1.52. The topological polar surface area (TPSA) is 13.1 Å². The van der Waals surface area contributed by atoms with E-state index in [9.17, 15) is 13.7 Å². The summed E-state index contributed by atoms with van der Waals surface area (Å²) >= 11 is 0. The van der Waals surface area contributed by atoms with Crippen molar-refractivity contribution in [3.05, 3.63) is 168 Å². The number of fused-ring (bicyclic) bond motifs is 8. The van der Waals surface area contributed by atoms with Gasteiger partial charge in [-0.25, -0.2) is 0 Å². The van der Waals surface area contributed by atoms with Crippen LogP contribution in [0, 0.1) is 0 Å². The maximum atomic E-state index is 10.1. The summed E-state index contributed by atoms with van der Waals surface area (Å²) in [6, 6.07) is -22.3. The van der Waals surface area contributed by atoms with Crippen LogP contribution in [0.3, 0.4) is 0 Å². The van der Waals surface area contributed by atoms with Gasteiger partial charge in [0, 0.05) is 16.2 Å². The zero-order chi connectivity index (χ0) is 54.6. The van der Waals surface area contributed by atoms with Crippen LogP contribution in [-0.2, 0) is 5.41 Å². The molecule has 1 aliphatic rings. The maximum Gasteiger partial charge on any atom is 0.136 e. The minimum atomic E-state index is -1.51. The standard InChI is InChI=1S/C47H32O/c1-47(2)39-24-9-7-20-36(39)45-31(22-12-25-40(45)47)29-14-11-15-30(28-29)43-32-16-3-5-18-34(32)44(35-19-6-4-17-33(35)43)38-23-13-27-42-46(38)37-21-8-10-26-41(37)48-42/h3-28H,1-2H3/i3D,4D,5D,6D,7D,8D,9D,10D,11D,12D,13D,14D,15D,16D,17D,18D,19D,20D,21D,22D,23D,24D,25D,26D,27D,28D. The summed E-state index contributed by atoms with van der Waals surface area (Å²) in [6.07, 6.45) is 0. The Kier molecular flexibility index (Phi) is 2.50. The number of para-hydroxylation sites is 1. The van der Waals surface area contributed by atoms with E-state index in [-0.39, 0.29) is 22.3 Å². The Labute approximate surface area is 316 Å². The molecular weight excluding hydrogens is 581 g/mol. The van der Waals surface area contributed by atoms with Gasteiger partial charge in [0.1, 0.15) is 11.2 Å². The average molecular weight is 639 g/mol. The van der Waals surface area contributed by atoms with E-state index in [4.69, 9.17) is 26.3 Å². The first kappa shape index (κ1) is 12.0. The lowest BCUT2D eigenvalue weighted by molar-refractivity contribution is 0.660. The van der Waals surface area contributed by atoms with Crippen molar-refractivity contribution in [2.45, 2.75) is 19.3 Å². The van der Waals surface area contributed by atoms with E-state index in [1.54, 1.807) is 0 Å². The molecule has 8 aromatic carbocycles. The highest BCUT2D eigenvalue weighted by molar-refractivity contribution is 6.25. The molecule has 0 amide bonds. The zero-order valence-electron chi connectivity index (χ0n) is 50.9. The van der Waals surface area contributed by atoms with E-state index < -0.39 is 239 Å². The second-order valence-corrected chi connectivity index (χ2v) is 11.6. The van der Waals surface area contributed by atoms with Crippen LogP contribution in [0.5, 0.6) is 0 Å². The predicted molar refractivity (Wildman–Crippen MR) is 203 cm³/mol. The van der Waals surface area contributed by atoms with Crippen molar-refractivity contribution in [1.29, 1.82) is 0 Å². The Hall–Kier alpha value is -5.92. The van der Waals surface area contributed by atoms with E-state index in [0.29, 0.717) is 0 Å². The second kappa shape index (κ2) is 10.0. The minimum Gasteiger partial charge on any atom is -0.456 e. The fourth-order valence-electron chi connectivity index (χ4n) is 6.67. The molecule has 9 aromatic rings. The van der Waals surface area contributed by atoms with Gasteiger partial charge >= 0.3 is 0 Å². The van der Waals surface area contributed by atoms with Crippen molar-refractivity contribution in [2.24, 2.45) is 0 Å².